The third-order valence-corrected chi connectivity index (χ3v) is 5.70. The molecule has 3 aromatic carbocycles. The van der Waals surface area contributed by atoms with E-state index in [1.165, 1.54) is 15.8 Å². The molecule has 0 saturated carbocycles. The summed E-state index contributed by atoms with van der Waals surface area (Å²) in [5.74, 6) is 0.253. The molecule has 1 aliphatic rings. The number of nitrogens with one attached hydrogen (secondary N) is 1. The maximum Gasteiger partial charge on any atom is 0.261 e. The van der Waals surface area contributed by atoms with E-state index < -0.39 is 0 Å². The topological polar surface area (TPSA) is 67.2 Å². The first-order valence-electron chi connectivity index (χ1n) is 10.3. The molecule has 5 rings (SSSR count). The first kappa shape index (κ1) is 19.1. The Morgan fingerprint density at radius 2 is 1.74 bits per heavy atom. The molecule has 0 atom stereocenters. The zero-order chi connectivity index (χ0) is 21.4. The lowest BCUT2D eigenvalue weighted by Crippen LogP contribution is -2.30. The molecule has 0 bridgehead atoms. The molecule has 1 amide bonds. The van der Waals surface area contributed by atoms with Crippen LogP contribution in [0.15, 0.2) is 77.6 Å². The second kappa shape index (κ2) is 7.72. The summed E-state index contributed by atoms with van der Waals surface area (Å²) in [7, 11) is 0. The van der Waals surface area contributed by atoms with Crippen molar-refractivity contribution in [1.82, 2.24) is 9.55 Å². The Balaban J connectivity index is 1.32. The van der Waals surface area contributed by atoms with Crippen molar-refractivity contribution in [1.29, 1.82) is 0 Å². The van der Waals surface area contributed by atoms with Crippen molar-refractivity contribution in [3.8, 4) is 0 Å². The Hall–Kier alpha value is -3.93. The molecule has 4 aromatic rings. The summed E-state index contributed by atoms with van der Waals surface area (Å²) in [5, 5.41) is 3.40. The predicted molar refractivity (Wildman–Crippen MR) is 123 cm³/mol. The van der Waals surface area contributed by atoms with Crippen molar-refractivity contribution >= 4 is 33.9 Å². The maximum absolute atomic E-state index is 12.8. The number of carbonyl (C=O) groups excluding carboxylic acids is 1. The van der Waals surface area contributed by atoms with Gasteiger partial charge >= 0.3 is 0 Å². The molecule has 1 aliphatic heterocycles. The lowest BCUT2D eigenvalue weighted by Gasteiger charge is -2.20. The summed E-state index contributed by atoms with van der Waals surface area (Å²) in [5.41, 5.74) is 4.80. The van der Waals surface area contributed by atoms with Crippen molar-refractivity contribution in [3.63, 3.8) is 0 Å². The van der Waals surface area contributed by atoms with Crippen LogP contribution in [0.1, 0.15) is 11.4 Å². The number of benzene rings is 3. The van der Waals surface area contributed by atoms with E-state index in [2.05, 4.69) is 39.5 Å². The van der Waals surface area contributed by atoms with Crippen LogP contribution in [-0.4, -0.2) is 22.0 Å². The fourth-order valence-electron chi connectivity index (χ4n) is 4.14. The fraction of sp³-hybridized carbons (Fsp3) is 0.160. The quantitative estimate of drug-likeness (QED) is 0.551. The molecule has 0 saturated heterocycles. The average molecular weight is 410 g/mol. The highest BCUT2D eigenvalue weighted by atomic mass is 16.2. The number of carbonyl (C=O) groups is 1. The smallest absolute Gasteiger partial charge is 0.261 e. The van der Waals surface area contributed by atoms with E-state index in [0.717, 1.165) is 18.7 Å². The third kappa shape index (κ3) is 3.57. The van der Waals surface area contributed by atoms with Gasteiger partial charge < -0.3 is 10.2 Å². The van der Waals surface area contributed by atoms with E-state index in [1.807, 2.05) is 30.3 Å². The summed E-state index contributed by atoms with van der Waals surface area (Å²) in [6.45, 7) is 2.61. The number of anilines is 3. The first-order valence-corrected chi connectivity index (χ1v) is 10.3. The molecule has 0 spiro atoms. The fourth-order valence-corrected chi connectivity index (χ4v) is 4.14. The van der Waals surface area contributed by atoms with Crippen LogP contribution in [0.4, 0.5) is 17.1 Å². The highest BCUT2D eigenvalue weighted by Crippen LogP contribution is 2.34. The van der Waals surface area contributed by atoms with E-state index in [1.54, 1.807) is 25.1 Å². The minimum atomic E-state index is -0.262. The molecule has 0 fully saturated rings. The van der Waals surface area contributed by atoms with Gasteiger partial charge in [-0.05, 0) is 61.4 Å². The van der Waals surface area contributed by atoms with Gasteiger partial charge in [0.1, 0.15) is 12.4 Å². The van der Waals surface area contributed by atoms with Crippen LogP contribution in [0.3, 0.4) is 0 Å². The van der Waals surface area contributed by atoms with Gasteiger partial charge in [-0.3, -0.25) is 14.2 Å². The number of hydrogen-bond acceptors (Lipinski definition) is 4. The minimum absolute atomic E-state index is 0.0796. The Kier molecular flexibility index (Phi) is 4.75. The molecule has 0 aliphatic carbocycles. The Labute approximate surface area is 179 Å². The second-order valence-corrected chi connectivity index (χ2v) is 7.69. The monoisotopic (exact) mass is 410 g/mol. The predicted octanol–water partition coefficient (Wildman–Crippen LogP) is 4.04. The normalized spacial score (nSPS) is 12.7. The molecule has 31 heavy (non-hydrogen) atoms. The van der Waals surface area contributed by atoms with Gasteiger partial charge in [0.2, 0.25) is 5.91 Å². The van der Waals surface area contributed by atoms with Crippen molar-refractivity contribution in [2.75, 3.05) is 16.8 Å². The zero-order valence-corrected chi connectivity index (χ0v) is 17.2. The lowest BCUT2D eigenvalue weighted by atomic mass is 10.2. The van der Waals surface area contributed by atoms with Crippen LogP contribution < -0.4 is 15.8 Å². The zero-order valence-electron chi connectivity index (χ0n) is 17.2. The highest BCUT2D eigenvalue weighted by molar-refractivity contribution is 5.91. The number of rotatable bonds is 4. The molecule has 6 heteroatoms. The van der Waals surface area contributed by atoms with Crippen molar-refractivity contribution in [2.45, 2.75) is 19.9 Å². The van der Waals surface area contributed by atoms with Gasteiger partial charge in [0.25, 0.3) is 5.56 Å². The summed E-state index contributed by atoms with van der Waals surface area (Å²) >= 11 is 0. The van der Waals surface area contributed by atoms with Gasteiger partial charge in [-0.25, -0.2) is 4.98 Å². The van der Waals surface area contributed by atoms with E-state index in [9.17, 15) is 9.59 Å². The largest absolute Gasteiger partial charge is 0.341 e. The van der Waals surface area contributed by atoms with Gasteiger partial charge in [-0.15, -0.1) is 0 Å². The molecule has 0 radical (unpaired) electrons. The molecule has 1 aromatic heterocycles. The third-order valence-electron chi connectivity index (χ3n) is 5.70. The maximum atomic E-state index is 12.8. The Morgan fingerprint density at radius 3 is 2.58 bits per heavy atom. The van der Waals surface area contributed by atoms with Crippen LogP contribution in [0, 0.1) is 6.92 Å². The summed E-state index contributed by atoms with van der Waals surface area (Å²) in [6, 6.07) is 23.4. The second-order valence-electron chi connectivity index (χ2n) is 7.69. The number of fused-ring (bicyclic) bond motifs is 2. The van der Waals surface area contributed by atoms with Crippen LogP contribution in [-0.2, 0) is 17.8 Å². The molecular weight excluding hydrogens is 388 g/mol. The number of para-hydroxylation sites is 2. The van der Waals surface area contributed by atoms with Gasteiger partial charge in [0.15, 0.2) is 0 Å². The Bertz CT molecular complexity index is 1340. The molecular formula is C25H22N4O2. The number of amides is 1. The number of nitrogens with zero attached hydrogens (tertiary/aromatic N) is 3. The van der Waals surface area contributed by atoms with Gasteiger partial charge in [-0.2, -0.15) is 0 Å². The SMILES string of the molecule is Cc1nc2ccccc2c(=O)n1CC(=O)Nc1ccc(N2CCc3ccccc32)cc1. The first-order chi connectivity index (χ1) is 15.1. The van der Waals surface area contributed by atoms with Crippen molar-refractivity contribution < 1.29 is 4.79 Å². The summed E-state index contributed by atoms with van der Waals surface area (Å²) < 4.78 is 1.41. The summed E-state index contributed by atoms with van der Waals surface area (Å²) in [6.07, 6.45) is 1.03. The van der Waals surface area contributed by atoms with E-state index in [-0.39, 0.29) is 18.0 Å². The van der Waals surface area contributed by atoms with Crippen molar-refractivity contribution in [2.24, 2.45) is 0 Å². The molecule has 154 valence electrons. The van der Waals surface area contributed by atoms with Crippen molar-refractivity contribution in [3.05, 3.63) is 94.5 Å². The lowest BCUT2D eigenvalue weighted by molar-refractivity contribution is -0.116. The minimum Gasteiger partial charge on any atom is -0.341 e. The van der Waals surface area contributed by atoms with Crippen LogP contribution in [0.2, 0.25) is 0 Å². The van der Waals surface area contributed by atoms with E-state index in [0.29, 0.717) is 22.4 Å². The van der Waals surface area contributed by atoms with E-state index >= 15 is 0 Å². The standard InChI is InChI=1S/C25H22N4O2/c1-17-26-22-8-4-3-7-21(22)25(31)29(17)16-24(30)27-19-10-12-20(13-11-19)28-15-14-18-6-2-5-9-23(18)28/h2-13H,14-16H2,1H3,(H,27,30). The molecule has 2 heterocycles. The number of aryl methyl sites for hydroxylation is 1. The van der Waals surface area contributed by atoms with Gasteiger partial charge in [0.05, 0.1) is 10.9 Å². The number of aromatic nitrogens is 2. The van der Waals surface area contributed by atoms with Crippen LogP contribution >= 0.6 is 0 Å². The summed E-state index contributed by atoms with van der Waals surface area (Å²) in [4.78, 5) is 32.1. The molecule has 6 nitrogen and oxygen atoms in total. The van der Waals surface area contributed by atoms with Crippen LogP contribution in [0.25, 0.3) is 10.9 Å². The average Bonchev–Trinajstić information content (AvgIpc) is 3.21. The van der Waals surface area contributed by atoms with Crippen LogP contribution in [0.5, 0.6) is 0 Å². The highest BCUT2D eigenvalue weighted by Gasteiger charge is 2.19. The van der Waals surface area contributed by atoms with Gasteiger partial charge in [-0.1, -0.05) is 30.3 Å². The number of hydrogen-bond donors (Lipinski definition) is 1. The van der Waals surface area contributed by atoms with Gasteiger partial charge in [0, 0.05) is 23.6 Å². The molecule has 1 N–H and O–H groups in total. The molecule has 0 unspecified atom stereocenters. The Morgan fingerprint density at radius 1 is 1.00 bits per heavy atom. The van der Waals surface area contributed by atoms with E-state index in [4.69, 9.17) is 0 Å².